The number of carboxylic acid groups (broad SMARTS) is 1. The highest BCUT2D eigenvalue weighted by atomic mass is 16.5. The Hall–Kier alpha value is -1.52. The maximum Gasteiger partial charge on any atom is 0.349 e. The average Bonchev–Trinajstić information content (AvgIpc) is 1.85. The minimum absolute atomic E-state index is 0.0723. The molecular formula is C7H10O5. The summed E-state index contributed by atoms with van der Waals surface area (Å²) < 4.78 is 4.39. The molecule has 2 N–H and O–H groups in total. The van der Waals surface area contributed by atoms with E-state index in [0.29, 0.717) is 0 Å². The van der Waals surface area contributed by atoms with Gasteiger partial charge >= 0.3 is 11.9 Å². The van der Waals surface area contributed by atoms with Crippen LogP contribution in [0, 0.1) is 0 Å². The molecule has 0 aliphatic rings. The van der Waals surface area contributed by atoms with Crippen LogP contribution >= 0.6 is 0 Å². The highest BCUT2D eigenvalue weighted by Gasteiger charge is 2.21. The summed E-state index contributed by atoms with van der Waals surface area (Å²) in [4.78, 5) is 21.1. The molecule has 0 aromatic rings. The third-order valence-electron chi connectivity index (χ3n) is 1.06. The van der Waals surface area contributed by atoms with E-state index in [0.717, 1.165) is 6.92 Å². The molecule has 0 spiro atoms. The predicted octanol–water partition coefficient (Wildman–Crippen LogP) is 0.466. The van der Waals surface area contributed by atoms with Gasteiger partial charge in [0.05, 0.1) is 6.61 Å². The fourth-order valence-corrected chi connectivity index (χ4v) is 0.593. The number of allylic oxidation sites excluding steroid dienone is 1. The van der Waals surface area contributed by atoms with Gasteiger partial charge in [-0.25, -0.2) is 9.59 Å². The summed E-state index contributed by atoms with van der Waals surface area (Å²) in [6, 6.07) is 0. The van der Waals surface area contributed by atoms with Gasteiger partial charge in [0, 0.05) is 0 Å². The van der Waals surface area contributed by atoms with Gasteiger partial charge in [-0.1, -0.05) is 0 Å². The zero-order valence-corrected chi connectivity index (χ0v) is 6.83. The van der Waals surface area contributed by atoms with E-state index in [9.17, 15) is 9.59 Å². The van der Waals surface area contributed by atoms with Gasteiger partial charge in [-0.05, 0) is 13.8 Å². The Balaban J connectivity index is 4.67. The Labute approximate surface area is 69.3 Å². The third kappa shape index (κ3) is 2.61. The topological polar surface area (TPSA) is 83.8 Å². The average molecular weight is 174 g/mol. The second-order valence-corrected chi connectivity index (χ2v) is 1.99. The molecule has 0 aliphatic heterocycles. The molecule has 0 amide bonds. The summed E-state index contributed by atoms with van der Waals surface area (Å²) in [7, 11) is 0. The molecule has 0 rings (SSSR count). The lowest BCUT2D eigenvalue weighted by molar-refractivity contribution is -0.144. The van der Waals surface area contributed by atoms with E-state index >= 15 is 0 Å². The number of carbonyl (C=O) groups excluding carboxylic acids is 1. The molecule has 5 nitrogen and oxygen atoms in total. The number of hydrogen-bond acceptors (Lipinski definition) is 4. The number of carboxylic acids is 1. The molecule has 0 bridgehead atoms. The van der Waals surface area contributed by atoms with Crippen LogP contribution in [-0.4, -0.2) is 28.8 Å². The monoisotopic (exact) mass is 174 g/mol. The van der Waals surface area contributed by atoms with Crippen molar-refractivity contribution in [2.45, 2.75) is 13.8 Å². The van der Waals surface area contributed by atoms with E-state index in [4.69, 9.17) is 10.2 Å². The number of esters is 1. The standard InChI is InChI=1S/C7H10O5/c1-3-12-7(11)5(4(2)8)6(9)10/h8H,3H2,1-2H3,(H,9,10)/b5-4+. The van der Waals surface area contributed by atoms with E-state index in [1.807, 2.05) is 0 Å². The van der Waals surface area contributed by atoms with Gasteiger partial charge in [-0.2, -0.15) is 0 Å². The highest BCUT2D eigenvalue weighted by Crippen LogP contribution is 2.03. The zero-order chi connectivity index (χ0) is 9.72. The van der Waals surface area contributed by atoms with Gasteiger partial charge in [0.15, 0.2) is 5.57 Å². The highest BCUT2D eigenvalue weighted by molar-refractivity contribution is 6.13. The summed E-state index contributed by atoms with van der Waals surface area (Å²) in [5, 5.41) is 17.2. The second kappa shape index (κ2) is 4.38. The summed E-state index contributed by atoms with van der Waals surface area (Å²) in [5.74, 6) is -3.07. The van der Waals surface area contributed by atoms with Crippen LogP contribution in [0.1, 0.15) is 13.8 Å². The van der Waals surface area contributed by atoms with Gasteiger partial charge in [-0.15, -0.1) is 0 Å². The molecule has 0 heterocycles. The van der Waals surface area contributed by atoms with Crippen molar-refractivity contribution in [1.29, 1.82) is 0 Å². The van der Waals surface area contributed by atoms with E-state index < -0.39 is 23.3 Å². The number of aliphatic hydroxyl groups is 1. The zero-order valence-electron chi connectivity index (χ0n) is 6.83. The number of aliphatic carboxylic acids is 1. The lowest BCUT2D eigenvalue weighted by atomic mass is 10.2. The summed E-state index contributed by atoms with van der Waals surface area (Å²) in [5.41, 5.74) is -0.725. The molecule has 0 atom stereocenters. The number of ether oxygens (including phenoxy) is 1. The van der Waals surface area contributed by atoms with Gasteiger partial charge in [-0.3, -0.25) is 0 Å². The molecule has 0 unspecified atom stereocenters. The number of carbonyl (C=O) groups is 2. The molecule has 12 heavy (non-hydrogen) atoms. The van der Waals surface area contributed by atoms with Crippen molar-refractivity contribution in [1.82, 2.24) is 0 Å². The maximum absolute atomic E-state index is 10.8. The van der Waals surface area contributed by atoms with E-state index in [1.54, 1.807) is 6.92 Å². The maximum atomic E-state index is 10.8. The minimum atomic E-state index is -1.49. The van der Waals surface area contributed by atoms with Gasteiger partial charge in [0.2, 0.25) is 0 Å². The van der Waals surface area contributed by atoms with Crippen LogP contribution in [0.4, 0.5) is 0 Å². The molecule has 0 radical (unpaired) electrons. The number of rotatable bonds is 3. The lowest BCUT2D eigenvalue weighted by Gasteiger charge is -2.02. The van der Waals surface area contributed by atoms with Gasteiger partial charge in [0.25, 0.3) is 0 Å². The van der Waals surface area contributed by atoms with Gasteiger partial charge in [0.1, 0.15) is 5.76 Å². The Kier molecular flexibility index (Phi) is 3.82. The Morgan fingerprint density at radius 3 is 2.08 bits per heavy atom. The van der Waals surface area contributed by atoms with Crippen LogP contribution in [0.3, 0.4) is 0 Å². The molecule has 0 saturated carbocycles. The molecule has 0 aromatic heterocycles. The normalized spacial score (nSPS) is 11.8. The fourth-order valence-electron chi connectivity index (χ4n) is 0.593. The van der Waals surface area contributed by atoms with Crippen molar-refractivity contribution in [2.75, 3.05) is 6.61 Å². The minimum Gasteiger partial charge on any atom is -0.511 e. The van der Waals surface area contributed by atoms with Crippen molar-refractivity contribution in [3.05, 3.63) is 11.3 Å². The van der Waals surface area contributed by atoms with Crippen molar-refractivity contribution in [2.24, 2.45) is 0 Å². The van der Waals surface area contributed by atoms with Crippen LogP contribution in [0.2, 0.25) is 0 Å². The quantitative estimate of drug-likeness (QED) is 0.213. The first-order chi connectivity index (χ1) is 5.50. The Morgan fingerprint density at radius 2 is 1.83 bits per heavy atom. The molecular weight excluding hydrogens is 164 g/mol. The molecule has 0 fully saturated rings. The summed E-state index contributed by atoms with van der Waals surface area (Å²) >= 11 is 0. The third-order valence-corrected chi connectivity index (χ3v) is 1.06. The van der Waals surface area contributed by atoms with Crippen LogP contribution in [0.5, 0.6) is 0 Å². The molecule has 0 saturated heterocycles. The summed E-state index contributed by atoms with van der Waals surface area (Å²) in [6.07, 6.45) is 0. The molecule has 68 valence electrons. The number of aliphatic hydroxyl groups excluding tert-OH is 1. The largest absolute Gasteiger partial charge is 0.511 e. The lowest BCUT2D eigenvalue weighted by Crippen LogP contribution is -2.17. The van der Waals surface area contributed by atoms with Crippen LogP contribution in [0.25, 0.3) is 0 Å². The van der Waals surface area contributed by atoms with E-state index in [2.05, 4.69) is 4.74 Å². The molecule has 0 aromatic carbocycles. The van der Waals surface area contributed by atoms with E-state index in [-0.39, 0.29) is 6.61 Å². The van der Waals surface area contributed by atoms with Crippen molar-refractivity contribution in [3.63, 3.8) is 0 Å². The van der Waals surface area contributed by atoms with Crippen LogP contribution < -0.4 is 0 Å². The first-order valence-electron chi connectivity index (χ1n) is 3.31. The van der Waals surface area contributed by atoms with Crippen molar-refractivity contribution < 1.29 is 24.5 Å². The molecule has 0 aliphatic carbocycles. The first kappa shape index (κ1) is 10.5. The first-order valence-corrected chi connectivity index (χ1v) is 3.31. The van der Waals surface area contributed by atoms with Crippen LogP contribution in [-0.2, 0) is 14.3 Å². The van der Waals surface area contributed by atoms with E-state index in [1.165, 1.54) is 0 Å². The van der Waals surface area contributed by atoms with Gasteiger partial charge < -0.3 is 14.9 Å². The Morgan fingerprint density at radius 1 is 1.33 bits per heavy atom. The number of hydrogen-bond donors (Lipinski definition) is 2. The van der Waals surface area contributed by atoms with Crippen LogP contribution in [0.15, 0.2) is 11.3 Å². The smallest absolute Gasteiger partial charge is 0.349 e. The molecule has 5 heteroatoms. The predicted molar refractivity (Wildman–Crippen MR) is 39.6 cm³/mol. The second-order valence-electron chi connectivity index (χ2n) is 1.99. The summed E-state index contributed by atoms with van der Waals surface area (Å²) in [6.45, 7) is 2.73. The fraction of sp³-hybridized carbons (Fsp3) is 0.429. The van der Waals surface area contributed by atoms with Crippen molar-refractivity contribution in [3.8, 4) is 0 Å². The Bertz CT molecular complexity index is 224. The SMILES string of the molecule is CCOC(=O)/C(C(=O)O)=C(\C)O. The van der Waals surface area contributed by atoms with Crippen molar-refractivity contribution >= 4 is 11.9 Å².